The summed E-state index contributed by atoms with van der Waals surface area (Å²) in [6.45, 7) is 3.98. The van der Waals surface area contributed by atoms with Crippen molar-refractivity contribution in [2.75, 3.05) is 6.54 Å². The van der Waals surface area contributed by atoms with Gasteiger partial charge in [-0.15, -0.1) is 5.10 Å². The highest BCUT2D eigenvalue weighted by Gasteiger charge is 2.23. The van der Waals surface area contributed by atoms with Crippen LogP contribution in [-0.4, -0.2) is 37.5 Å². The standard InChI is InChI=1S/C20H19FN4O2/c1-13-19(20(26)27)22-23-25(13)18-7-3-5-15-12-24(9-8-17(15)18)11-14-4-2-6-16(21)10-14/h2-7,10H,8-9,11-12H2,1H3,(H,26,27). The molecule has 1 aliphatic rings. The largest absolute Gasteiger partial charge is 0.476 e. The molecule has 6 nitrogen and oxygen atoms in total. The maximum Gasteiger partial charge on any atom is 0.358 e. The quantitative estimate of drug-likeness (QED) is 0.769. The van der Waals surface area contributed by atoms with Crippen molar-refractivity contribution in [3.63, 3.8) is 0 Å². The molecule has 27 heavy (non-hydrogen) atoms. The zero-order valence-corrected chi connectivity index (χ0v) is 14.9. The highest BCUT2D eigenvalue weighted by Crippen LogP contribution is 2.27. The fraction of sp³-hybridized carbons (Fsp3) is 0.250. The monoisotopic (exact) mass is 366 g/mol. The van der Waals surface area contributed by atoms with Crippen molar-refractivity contribution in [1.82, 2.24) is 19.9 Å². The van der Waals surface area contributed by atoms with Gasteiger partial charge in [0.25, 0.3) is 0 Å². The van der Waals surface area contributed by atoms with Gasteiger partial charge in [0.05, 0.1) is 11.4 Å². The van der Waals surface area contributed by atoms with Crippen molar-refractivity contribution in [2.45, 2.75) is 26.4 Å². The third kappa shape index (κ3) is 3.33. The molecule has 4 rings (SSSR count). The Kier molecular flexibility index (Phi) is 4.45. The van der Waals surface area contributed by atoms with Crippen molar-refractivity contribution in [2.24, 2.45) is 0 Å². The summed E-state index contributed by atoms with van der Waals surface area (Å²) in [5, 5.41) is 17.0. The molecule has 2 heterocycles. The number of hydrogen-bond donors (Lipinski definition) is 1. The van der Waals surface area contributed by atoms with Crippen LogP contribution < -0.4 is 0 Å². The van der Waals surface area contributed by atoms with E-state index in [4.69, 9.17) is 0 Å². The average molecular weight is 366 g/mol. The van der Waals surface area contributed by atoms with E-state index in [2.05, 4.69) is 21.3 Å². The Balaban J connectivity index is 1.61. The van der Waals surface area contributed by atoms with Gasteiger partial charge in [-0.2, -0.15) is 0 Å². The number of benzene rings is 2. The molecule has 0 fully saturated rings. The number of aromatic nitrogens is 3. The van der Waals surface area contributed by atoms with Crippen molar-refractivity contribution >= 4 is 5.97 Å². The summed E-state index contributed by atoms with van der Waals surface area (Å²) < 4.78 is 15.0. The van der Waals surface area contributed by atoms with E-state index in [1.54, 1.807) is 23.7 Å². The second-order valence-corrected chi connectivity index (χ2v) is 6.75. The number of carbonyl (C=O) groups is 1. The molecule has 1 aliphatic heterocycles. The predicted molar refractivity (Wildman–Crippen MR) is 97.3 cm³/mol. The third-order valence-electron chi connectivity index (χ3n) is 4.94. The number of nitrogens with zero attached hydrogens (tertiary/aromatic N) is 4. The van der Waals surface area contributed by atoms with E-state index < -0.39 is 5.97 Å². The summed E-state index contributed by atoms with van der Waals surface area (Å²) in [6.07, 6.45) is 0.808. The smallest absolute Gasteiger partial charge is 0.358 e. The van der Waals surface area contributed by atoms with Gasteiger partial charge in [0.1, 0.15) is 5.82 Å². The zero-order valence-electron chi connectivity index (χ0n) is 14.9. The molecule has 1 N–H and O–H groups in total. The summed E-state index contributed by atoms with van der Waals surface area (Å²) in [4.78, 5) is 13.5. The van der Waals surface area contributed by atoms with E-state index in [1.165, 1.54) is 11.6 Å². The lowest BCUT2D eigenvalue weighted by Crippen LogP contribution is -2.31. The summed E-state index contributed by atoms with van der Waals surface area (Å²) in [7, 11) is 0. The molecule has 0 spiro atoms. The molecule has 1 aromatic heterocycles. The van der Waals surface area contributed by atoms with Crippen LogP contribution in [0, 0.1) is 12.7 Å². The molecule has 0 unspecified atom stereocenters. The molecule has 3 aromatic rings. The molecule has 0 aliphatic carbocycles. The van der Waals surface area contributed by atoms with Crippen LogP contribution in [0.2, 0.25) is 0 Å². The maximum atomic E-state index is 13.4. The number of carboxylic acid groups (broad SMARTS) is 1. The SMILES string of the molecule is Cc1c(C(=O)O)nnn1-c1cccc2c1CCN(Cc1cccc(F)c1)C2. The van der Waals surface area contributed by atoms with Crippen LogP contribution in [0.1, 0.15) is 32.9 Å². The number of rotatable bonds is 4. The molecule has 0 bridgehead atoms. The molecule has 2 aromatic carbocycles. The summed E-state index contributed by atoms with van der Waals surface area (Å²) >= 11 is 0. The van der Waals surface area contributed by atoms with Gasteiger partial charge in [0.15, 0.2) is 5.69 Å². The Morgan fingerprint density at radius 2 is 2.07 bits per heavy atom. The van der Waals surface area contributed by atoms with Crippen LogP contribution in [0.3, 0.4) is 0 Å². The Labute approximate surface area is 155 Å². The maximum absolute atomic E-state index is 13.4. The minimum Gasteiger partial charge on any atom is -0.476 e. The van der Waals surface area contributed by atoms with Crippen LogP contribution in [0.25, 0.3) is 5.69 Å². The van der Waals surface area contributed by atoms with Gasteiger partial charge in [-0.3, -0.25) is 4.90 Å². The second-order valence-electron chi connectivity index (χ2n) is 6.75. The van der Waals surface area contributed by atoms with Gasteiger partial charge >= 0.3 is 5.97 Å². The molecule has 0 saturated carbocycles. The number of fused-ring (bicyclic) bond motifs is 1. The Bertz CT molecular complexity index is 1010. The minimum atomic E-state index is -1.08. The highest BCUT2D eigenvalue weighted by molar-refractivity contribution is 5.86. The van der Waals surface area contributed by atoms with Crippen LogP contribution in [0.5, 0.6) is 0 Å². The number of carboxylic acids is 1. The van der Waals surface area contributed by atoms with Crippen LogP contribution >= 0.6 is 0 Å². The first-order valence-corrected chi connectivity index (χ1v) is 8.76. The van der Waals surface area contributed by atoms with E-state index in [-0.39, 0.29) is 11.5 Å². The topological polar surface area (TPSA) is 71.2 Å². The van der Waals surface area contributed by atoms with E-state index in [0.29, 0.717) is 12.2 Å². The average Bonchev–Trinajstić information content (AvgIpc) is 3.02. The summed E-state index contributed by atoms with van der Waals surface area (Å²) in [5.41, 5.74) is 4.62. The lowest BCUT2D eigenvalue weighted by Gasteiger charge is -2.30. The van der Waals surface area contributed by atoms with Crippen molar-refractivity contribution in [1.29, 1.82) is 0 Å². The van der Waals surface area contributed by atoms with Gasteiger partial charge in [-0.05, 0) is 48.2 Å². The molecular formula is C20H19FN4O2. The van der Waals surface area contributed by atoms with Gasteiger partial charge in [-0.1, -0.05) is 29.5 Å². The normalized spacial score (nSPS) is 14.1. The van der Waals surface area contributed by atoms with E-state index in [1.807, 2.05) is 18.2 Å². The van der Waals surface area contributed by atoms with Gasteiger partial charge in [0, 0.05) is 19.6 Å². The van der Waals surface area contributed by atoms with Gasteiger partial charge < -0.3 is 5.11 Å². The lowest BCUT2D eigenvalue weighted by molar-refractivity contribution is 0.0689. The molecular weight excluding hydrogens is 347 g/mol. The van der Waals surface area contributed by atoms with Crippen molar-refractivity contribution in [3.05, 3.63) is 76.4 Å². The minimum absolute atomic E-state index is 0.0313. The molecule has 0 atom stereocenters. The Morgan fingerprint density at radius 3 is 2.81 bits per heavy atom. The predicted octanol–water partition coefficient (Wildman–Crippen LogP) is 2.97. The second kappa shape index (κ2) is 6.92. The first-order chi connectivity index (χ1) is 13.0. The highest BCUT2D eigenvalue weighted by atomic mass is 19.1. The fourth-order valence-electron chi connectivity index (χ4n) is 3.63. The summed E-state index contributed by atoms with van der Waals surface area (Å²) in [5.74, 6) is -1.30. The molecule has 0 radical (unpaired) electrons. The molecule has 0 saturated heterocycles. The van der Waals surface area contributed by atoms with Gasteiger partial charge in [0.2, 0.25) is 0 Å². The lowest BCUT2D eigenvalue weighted by atomic mass is 9.97. The van der Waals surface area contributed by atoms with Crippen molar-refractivity contribution in [3.8, 4) is 5.69 Å². The number of halogens is 1. The van der Waals surface area contributed by atoms with Crippen molar-refractivity contribution < 1.29 is 14.3 Å². The Morgan fingerprint density at radius 1 is 1.26 bits per heavy atom. The van der Waals surface area contributed by atoms with Crippen LogP contribution in [0.15, 0.2) is 42.5 Å². The first kappa shape index (κ1) is 17.4. The molecule has 0 amide bonds. The van der Waals surface area contributed by atoms with Crippen LogP contribution in [0.4, 0.5) is 4.39 Å². The van der Waals surface area contributed by atoms with E-state index in [0.717, 1.165) is 36.3 Å². The number of hydrogen-bond acceptors (Lipinski definition) is 4. The zero-order chi connectivity index (χ0) is 19.0. The van der Waals surface area contributed by atoms with E-state index in [9.17, 15) is 14.3 Å². The molecule has 138 valence electrons. The van der Waals surface area contributed by atoms with Crippen LogP contribution in [-0.2, 0) is 19.5 Å². The number of aromatic carboxylic acids is 1. The first-order valence-electron chi connectivity index (χ1n) is 8.76. The molecule has 7 heteroatoms. The Hall–Kier alpha value is -3.06. The fourth-order valence-corrected chi connectivity index (χ4v) is 3.63. The third-order valence-corrected chi connectivity index (χ3v) is 4.94. The summed E-state index contributed by atoms with van der Waals surface area (Å²) in [6, 6.07) is 12.6. The van der Waals surface area contributed by atoms with Gasteiger partial charge in [-0.25, -0.2) is 13.9 Å². The van der Waals surface area contributed by atoms with E-state index >= 15 is 0 Å².